The minimum Gasteiger partial charge on any atom is 0 e. The van der Waals surface area contributed by atoms with Crippen LogP contribution in [0, 0.1) is 79.3 Å². The molecule has 0 rings (SSSR count). The van der Waals surface area contributed by atoms with Crippen LogP contribution >= 0.6 is 0 Å². The summed E-state index contributed by atoms with van der Waals surface area (Å²) in [5, 5.41) is 0. The largest absolute Gasteiger partial charge is 0 e. The summed E-state index contributed by atoms with van der Waals surface area (Å²) in [5.74, 6) is 0. The summed E-state index contributed by atoms with van der Waals surface area (Å²) >= 11 is 1.20. The molecule has 0 unspecified atom stereocenters. The van der Waals surface area contributed by atoms with Crippen LogP contribution in [0.4, 0.5) is 0 Å². The van der Waals surface area contributed by atoms with Gasteiger partial charge in [-0.2, -0.15) is 0 Å². The molecule has 3 heteroatoms. The Morgan fingerprint density at radius 2 is 1.67 bits per heavy atom. The van der Waals surface area contributed by atoms with Crippen LogP contribution < -0.4 is 0 Å². The Morgan fingerprint density at radius 1 is 1.50 bits per heavy atom. The molecule has 0 radical (unpaired) electrons. The van der Waals surface area contributed by atoms with Crippen molar-refractivity contribution in [2.45, 2.75) is 20.0 Å². The second-order valence-corrected chi connectivity index (χ2v) is 1.76. The van der Waals surface area contributed by atoms with Gasteiger partial charge in [-0.1, -0.05) is 0 Å². The van der Waals surface area contributed by atoms with Gasteiger partial charge >= 0.3 is 60.0 Å². The molecular formula is C3H7OSm2. The fraction of sp³-hybridized carbons (Fsp3) is 1.00. The minimum atomic E-state index is 0. The van der Waals surface area contributed by atoms with E-state index in [-0.39, 0.29) is 40.4 Å². The summed E-state index contributed by atoms with van der Waals surface area (Å²) in [7, 11) is 0. The van der Waals surface area contributed by atoms with Gasteiger partial charge < -0.3 is 0 Å². The van der Waals surface area contributed by atoms with Gasteiger partial charge in [0.25, 0.3) is 0 Å². The maximum absolute atomic E-state index is 4.83. The molecular weight excluding hydrogens is 353 g/mol. The van der Waals surface area contributed by atoms with Gasteiger partial charge in [-0.3, -0.25) is 0 Å². The second kappa shape index (κ2) is 7.64. The van der Waals surface area contributed by atoms with E-state index in [9.17, 15) is 0 Å². The third kappa shape index (κ3) is 9.81. The fourth-order valence-corrected chi connectivity index (χ4v) is 0. The van der Waals surface area contributed by atoms with E-state index < -0.39 is 0 Å². The zero-order valence-corrected chi connectivity index (χ0v) is 9.04. The van der Waals surface area contributed by atoms with E-state index in [0.717, 1.165) is 0 Å². The molecule has 0 aliphatic rings. The quantitative estimate of drug-likeness (QED) is 0.675. The zero-order valence-electron chi connectivity index (χ0n) is 3.80. The van der Waals surface area contributed by atoms with Crippen molar-refractivity contribution in [2.24, 2.45) is 0 Å². The maximum atomic E-state index is 4.83. The van der Waals surface area contributed by atoms with Crippen molar-refractivity contribution in [3.63, 3.8) is 0 Å². The topological polar surface area (TPSA) is 9.23 Å². The van der Waals surface area contributed by atoms with Crippen LogP contribution in [0.25, 0.3) is 0 Å². The van der Waals surface area contributed by atoms with Crippen LogP contribution in [0.1, 0.15) is 13.8 Å². The Labute approximate surface area is 98.0 Å². The standard InChI is InChI=1S/C3H7O.2Sm/c1-3(2)4;;/h3H,1-2H3;;/q-1;;+1. The monoisotopic (exact) mass is 363 g/mol. The molecule has 0 atom stereocenters. The number of rotatable bonds is 1. The number of hydrogen-bond donors (Lipinski definition) is 0. The van der Waals surface area contributed by atoms with Crippen LogP contribution in [0.15, 0.2) is 0 Å². The summed E-state index contributed by atoms with van der Waals surface area (Å²) in [5.41, 5.74) is 0. The molecule has 0 aliphatic heterocycles. The van der Waals surface area contributed by atoms with Gasteiger partial charge in [-0.05, 0) is 0 Å². The first-order chi connectivity index (χ1) is 2.27. The molecule has 6 heavy (non-hydrogen) atoms. The first-order valence-electron chi connectivity index (χ1n) is 1.56. The van der Waals surface area contributed by atoms with E-state index in [1.54, 1.807) is 0 Å². The molecule has 0 aromatic heterocycles. The van der Waals surface area contributed by atoms with Gasteiger partial charge in [0, 0.05) is 40.4 Å². The second-order valence-electron chi connectivity index (χ2n) is 1.14. The normalized spacial score (nSPS) is 7.83. The molecule has 0 aliphatic carbocycles. The van der Waals surface area contributed by atoms with Crippen molar-refractivity contribution in [3.05, 3.63) is 0 Å². The summed E-state index contributed by atoms with van der Waals surface area (Å²) < 4.78 is 4.83. The fourth-order valence-electron chi connectivity index (χ4n) is 0. The van der Waals surface area contributed by atoms with Crippen molar-refractivity contribution in [2.75, 3.05) is 0 Å². The van der Waals surface area contributed by atoms with Gasteiger partial charge in [-0.15, -0.1) is 0 Å². The molecule has 0 spiro atoms. The van der Waals surface area contributed by atoms with Crippen molar-refractivity contribution in [1.82, 2.24) is 0 Å². The molecule has 1 nitrogen and oxygen atoms in total. The summed E-state index contributed by atoms with van der Waals surface area (Å²) in [6.07, 6.45) is 0.421. The smallest absolute Gasteiger partial charge is 0 e. The average molecular weight is 360 g/mol. The van der Waals surface area contributed by atoms with E-state index >= 15 is 0 Å². The molecule has 0 aromatic carbocycles. The average Bonchev–Trinajstić information content (AvgIpc) is 1.38. The van der Waals surface area contributed by atoms with E-state index in [0.29, 0.717) is 6.10 Å². The van der Waals surface area contributed by atoms with Crippen LogP contribution in [-0.4, -0.2) is 6.10 Å². The Morgan fingerprint density at radius 3 is 1.67 bits per heavy atom. The zero-order chi connectivity index (χ0) is 4.28. The van der Waals surface area contributed by atoms with Crippen LogP contribution in [-0.2, 0) is 1.12 Å². The van der Waals surface area contributed by atoms with E-state index in [1.165, 1.54) is 38.9 Å². The van der Waals surface area contributed by atoms with E-state index in [1.807, 2.05) is 13.8 Å². The maximum Gasteiger partial charge on any atom is 0 e. The molecule has 0 N–H and O–H groups in total. The van der Waals surface area contributed by atoms with Gasteiger partial charge in [0.1, 0.15) is 0 Å². The summed E-state index contributed by atoms with van der Waals surface area (Å²) in [6, 6.07) is 0. The van der Waals surface area contributed by atoms with Crippen molar-refractivity contribution >= 4 is 0 Å². The van der Waals surface area contributed by atoms with Crippen molar-refractivity contribution < 1.29 is 80.4 Å². The van der Waals surface area contributed by atoms with Gasteiger partial charge in [0.05, 0.1) is 0 Å². The van der Waals surface area contributed by atoms with E-state index in [2.05, 4.69) is 0 Å². The minimum absolute atomic E-state index is 0. The van der Waals surface area contributed by atoms with Crippen LogP contribution in [0.3, 0.4) is 0 Å². The Balaban J connectivity index is 0. The van der Waals surface area contributed by atoms with Gasteiger partial charge in [0.15, 0.2) is 0 Å². The van der Waals surface area contributed by atoms with Crippen molar-refractivity contribution in [1.29, 1.82) is 0 Å². The van der Waals surface area contributed by atoms with Crippen molar-refractivity contribution in [3.8, 4) is 0 Å². The third-order valence-corrected chi connectivity index (χ3v) is 1.43. The number of hydrogen-bond acceptors (Lipinski definition) is 1. The van der Waals surface area contributed by atoms with Crippen LogP contribution in [0.5, 0.6) is 0 Å². The predicted octanol–water partition coefficient (Wildman–Crippen LogP) is 0.876. The first kappa shape index (κ1) is 11.4. The SMILES string of the molecule is CC(C)[O][Sm].[Sm]. The first-order valence-corrected chi connectivity index (χ1v) is 2.63. The predicted molar refractivity (Wildman–Crippen MR) is 16.2 cm³/mol. The molecule has 0 heterocycles. The molecule has 0 saturated heterocycles. The molecule has 0 fully saturated rings. The third-order valence-electron chi connectivity index (χ3n) is 0.192. The Hall–Kier alpha value is 2.64. The van der Waals surface area contributed by atoms with Gasteiger partial charge in [-0.25, -0.2) is 0 Å². The molecule has 0 bridgehead atoms. The summed E-state index contributed by atoms with van der Waals surface area (Å²) in [6.45, 7) is 4.04. The molecule has 0 aromatic rings. The molecule has 0 saturated carbocycles. The Bertz CT molecular complexity index is 22.8. The molecule has 37 valence electrons. The Kier molecular flexibility index (Phi) is 14.6. The van der Waals surface area contributed by atoms with Crippen LogP contribution in [0.2, 0.25) is 0 Å². The van der Waals surface area contributed by atoms with Gasteiger partial charge in [0.2, 0.25) is 0 Å². The van der Waals surface area contributed by atoms with E-state index in [4.69, 9.17) is 1.12 Å². The summed E-state index contributed by atoms with van der Waals surface area (Å²) in [4.78, 5) is 0. The molecule has 0 amide bonds.